The van der Waals surface area contributed by atoms with Crippen LogP contribution in [0, 0.1) is 0 Å². The lowest BCUT2D eigenvalue weighted by Gasteiger charge is -2.17. The van der Waals surface area contributed by atoms with E-state index in [2.05, 4.69) is 17.6 Å². The zero-order chi connectivity index (χ0) is 18.1. The number of aromatic nitrogens is 2. The van der Waals surface area contributed by atoms with Gasteiger partial charge in [-0.05, 0) is 42.8 Å². The number of hydrogen-bond donors (Lipinski definition) is 0. The number of ether oxygens (including phenoxy) is 1. The predicted molar refractivity (Wildman–Crippen MR) is 103 cm³/mol. The Morgan fingerprint density at radius 3 is 2.65 bits per heavy atom. The van der Waals surface area contributed by atoms with Crippen molar-refractivity contribution in [3.63, 3.8) is 0 Å². The minimum Gasteiger partial charge on any atom is -0.497 e. The second-order valence-electron chi connectivity index (χ2n) is 6.71. The van der Waals surface area contributed by atoms with E-state index in [-0.39, 0.29) is 11.8 Å². The summed E-state index contributed by atoms with van der Waals surface area (Å²) in [6.07, 6.45) is 1.54. The fourth-order valence-electron chi connectivity index (χ4n) is 3.76. The molecule has 0 bridgehead atoms. The van der Waals surface area contributed by atoms with Crippen LogP contribution in [0.2, 0.25) is 0 Å². The molecular weight excluding hydrogens is 326 g/mol. The van der Waals surface area contributed by atoms with Crippen LogP contribution in [0.5, 0.6) is 5.75 Å². The van der Waals surface area contributed by atoms with Gasteiger partial charge >= 0.3 is 0 Å². The predicted octanol–water partition coefficient (Wildman–Crippen LogP) is 3.98. The molecule has 1 atom stereocenters. The fraction of sp³-hybridized carbons (Fsp3) is 0.333. The van der Waals surface area contributed by atoms with Gasteiger partial charge in [0.2, 0.25) is 5.91 Å². The largest absolute Gasteiger partial charge is 0.497 e. The first kappa shape index (κ1) is 16.6. The average molecular weight is 349 g/mol. The van der Waals surface area contributed by atoms with Crippen molar-refractivity contribution >= 4 is 22.6 Å². The van der Waals surface area contributed by atoms with Crippen LogP contribution in [-0.2, 0) is 11.3 Å². The van der Waals surface area contributed by atoms with Crippen molar-refractivity contribution in [2.75, 3.05) is 18.6 Å². The number of benzene rings is 2. The van der Waals surface area contributed by atoms with Crippen molar-refractivity contribution in [2.45, 2.75) is 32.2 Å². The molecule has 0 saturated carbocycles. The van der Waals surface area contributed by atoms with Gasteiger partial charge in [0.15, 0.2) is 0 Å². The van der Waals surface area contributed by atoms with Crippen LogP contribution in [0.3, 0.4) is 0 Å². The third-order valence-electron chi connectivity index (χ3n) is 5.01. The molecule has 0 aliphatic carbocycles. The molecule has 1 saturated heterocycles. The summed E-state index contributed by atoms with van der Waals surface area (Å²) in [6.45, 7) is 3.75. The summed E-state index contributed by atoms with van der Waals surface area (Å²) < 4.78 is 7.49. The highest BCUT2D eigenvalue weighted by Gasteiger charge is 2.34. The number of rotatable bonds is 5. The van der Waals surface area contributed by atoms with Crippen LogP contribution in [0.25, 0.3) is 11.0 Å². The van der Waals surface area contributed by atoms with Crippen LogP contribution in [0.1, 0.15) is 31.5 Å². The average Bonchev–Trinajstić information content (AvgIpc) is 3.23. The summed E-state index contributed by atoms with van der Waals surface area (Å²) in [5.74, 6) is 2.08. The number of fused-ring (bicyclic) bond motifs is 1. The maximum absolute atomic E-state index is 12.7. The number of nitrogens with zero attached hydrogens (tertiary/aromatic N) is 3. The monoisotopic (exact) mass is 349 g/mol. The molecule has 0 spiro atoms. The Bertz CT molecular complexity index is 930. The molecule has 1 fully saturated rings. The molecule has 1 aliphatic heterocycles. The van der Waals surface area contributed by atoms with Crippen LogP contribution < -0.4 is 9.64 Å². The summed E-state index contributed by atoms with van der Waals surface area (Å²) >= 11 is 0. The van der Waals surface area contributed by atoms with Crippen molar-refractivity contribution in [2.24, 2.45) is 0 Å². The van der Waals surface area contributed by atoms with E-state index in [9.17, 15) is 4.79 Å². The van der Waals surface area contributed by atoms with Gasteiger partial charge in [-0.2, -0.15) is 0 Å². The molecule has 0 unspecified atom stereocenters. The normalized spacial score (nSPS) is 17.2. The van der Waals surface area contributed by atoms with E-state index in [4.69, 9.17) is 9.72 Å². The van der Waals surface area contributed by atoms with Crippen molar-refractivity contribution in [3.05, 3.63) is 54.4 Å². The van der Waals surface area contributed by atoms with Gasteiger partial charge in [-0.1, -0.05) is 19.1 Å². The second-order valence-corrected chi connectivity index (χ2v) is 6.71. The number of anilines is 1. The Morgan fingerprint density at radius 1 is 1.15 bits per heavy atom. The smallest absolute Gasteiger partial charge is 0.227 e. The lowest BCUT2D eigenvalue weighted by molar-refractivity contribution is -0.117. The maximum Gasteiger partial charge on any atom is 0.227 e. The zero-order valence-corrected chi connectivity index (χ0v) is 15.2. The first-order chi connectivity index (χ1) is 12.7. The van der Waals surface area contributed by atoms with Crippen LogP contribution in [-0.4, -0.2) is 29.1 Å². The zero-order valence-electron chi connectivity index (χ0n) is 15.2. The summed E-state index contributed by atoms with van der Waals surface area (Å²) in [4.78, 5) is 19.4. The SMILES string of the molecule is CCCn1c([C@H]2CC(=O)N(c3ccc(OC)cc3)C2)nc2ccccc21. The lowest BCUT2D eigenvalue weighted by atomic mass is 10.1. The molecule has 1 amide bonds. The van der Waals surface area contributed by atoms with Crippen molar-refractivity contribution in [1.29, 1.82) is 0 Å². The molecule has 5 heteroatoms. The highest BCUT2D eigenvalue weighted by atomic mass is 16.5. The Hall–Kier alpha value is -2.82. The summed E-state index contributed by atoms with van der Waals surface area (Å²) in [6, 6.07) is 15.9. The number of carbonyl (C=O) groups excluding carboxylic acids is 1. The minimum atomic E-state index is 0.114. The number of amides is 1. The summed E-state index contributed by atoms with van der Waals surface area (Å²) in [5, 5.41) is 0. The quantitative estimate of drug-likeness (QED) is 0.700. The maximum atomic E-state index is 12.7. The van der Waals surface area contributed by atoms with Gasteiger partial charge in [-0.25, -0.2) is 4.98 Å². The molecule has 0 N–H and O–H groups in total. The highest BCUT2D eigenvalue weighted by Crippen LogP contribution is 2.33. The Morgan fingerprint density at radius 2 is 1.92 bits per heavy atom. The van der Waals surface area contributed by atoms with Crippen LogP contribution in [0.15, 0.2) is 48.5 Å². The van der Waals surface area contributed by atoms with Gasteiger partial charge < -0.3 is 14.2 Å². The molecular formula is C21H23N3O2. The topological polar surface area (TPSA) is 47.4 Å². The van der Waals surface area contributed by atoms with E-state index < -0.39 is 0 Å². The molecule has 1 aliphatic rings. The van der Waals surface area contributed by atoms with E-state index in [1.807, 2.05) is 47.4 Å². The van der Waals surface area contributed by atoms with E-state index >= 15 is 0 Å². The fourth-order valence-corrected chi connectivity index (χ4v) is 3.76. The molecule has 4 rings (SSSR count). The Labute approximate surface area is 153 Å². The molecule has 2 heterocycles. The highest BCUT2D eigenvalue weighted by molar-refractivity contribution is 5.96. The molecule has 26 heavy (non-hydrogen) atoms. The summed E-state index contributed by atoms with van der Waals surface area (Å²) in [5.41, 5.74) is 3.07. The minimum absolute atomic E-state index is 0.114. The Balaban J connectivity index is 1.66. The third-order valence-corrected chi connectivity index (χ3v) is 5.01. The molecule has 5 nitrogen and oxygen atoms in total. The van der Waals surface area contributed by atoms with Gasteiger partial charge in [0.05, 0.1) is 18.1 Å². The first-order valence-electron chi connectivity index (χ1n) is 9.11. The van der Waals surface area contributed by atoms with Gasteiger partial charge in [0.1, 0.15) is 11.6 Å². The van der Waals surface area contributed by atoms with E-state index in [1.54, 1.807) is 7.11 Å². The number of para-hydroxylation sites is 2. The second kappa shape index (κ2) is 6.83. The standard InChI is InChI=1S/C21H23N3O2/c1-3-12-23-19-7-5-4-6-18(19)22-21(23)15-13-20(25)24(14-15)16-8-10-17(26-2)11-9-16/h4-11,15H,3,12-14H2,1-2H3/t15-/m0/s1. The number of imidazole rings is 1. The number of carbonyl (C=O) groups is 1. The van der Waals surface area contributed by atoms with Crippen LogP contribution in [0.4, 0.5) is 5.69 Å². The summed E-state index contributed by atoms with van der Waals surface area (Å²) in [7, 11) is 1.64. The molecule has 2 aromatic carbocycles. The van der Waals surface area contributed by atoms with E-state index in [0.717, 1.165) is 41.3 Å². The molecule has 134 valence electrons. The number of aryl methyl sites for hydroxylation is 1. The molecule has 3 aromatic rings. The molecule has 1 aromatic heterocycles. The number of hydrogen-bond acceptors (Lipinski definition) is 3. The van der Waals surface area contributed by atoms with Gasteiger partial charge in [0, 0.05) is 31.1 Å². The van der Waals surface area contributed by atoms with Gasteiger partial charge in [-0.15, -0.1) is 0 Å². The lowest BCUT2D eigenvalue weighted by Crippen LogP contribution is -2.24. The Kier molecular flexibility index (Phi) is 4.37. The van der Waals surface area contributed by atoms with Gasteiger partial charge in [0.25, 0.3) is 0 Å². The molecule has 0 radical (unpaired) electrons. The van der Waals surface area contributed by atoms with Crippen molar-refractivity contribution in [3.8, 4) is 5.75 Å². The van der Waals surface area contributed by atoms with Gasteiger partial charge in [-0.3, -0.25) is 4.79 Å². The third kappa shape index (κ3) is 2.83. The van der Waals surface area contributed by atoms with Crippen LogP contribution >= 0.6 is 0 Å². The van der Waals surface area contributed by atoms with E-state index in [0.29, 0.717) is 13.0 Å². The van der Waals surface area contributed by atoms with Crippen molar-refractivity contribution in [1.82, 2.24) is 9.55 Å². The first-order valence-corrected chi connectivity index (χ1v) is 9.11. The van der Waals surface area contributed by atoms with Crippen molar-refractivity contribution < 1.29 is 9.53 Å². The van der Waals surface area contributed by atoms with E-state index in [1.165, 1.54) is 0 Å². The number of methoxy groups -OCH3 is 1.